The second-order valence-corrected chi connectivity index (χ2v) is 9.67. The van der Waals surface area contributed by atoms with Crippen LogP contribution in [0.25, 0.3) is 0 Å². The van der Waals surface area contributed by atoms with E-state index in [0.29, 0.717) is 5.02 Å². The normalized spacial score (nSPS) is 19.6. The molecule has 2 aliphatic rings. The maximum Gasteiger partial charge on any atom is 0.141 e. The number of ketones is 2. The number of likely N-dealkylation sites (tertiary alicyclic amines) is 1. The third-order valence-electron chi connectivity index (χ3n) is 6.63. The number of hydrogen-bond acceptors (Lipinski definition) is 4. The number of halogens is 2. The summed E-state index contributed by atoms with van der Waals surface area (Å²) in [6.45, 7) is 16.1. The topological polar surface area (TPSA) is 49.4 Å². The minimum Gasteiger partial charge on any atom is -0.315 e. The van der Waals surface area contributed by atoms with Crippen molar-refractivity contribution < 1.29 is 9.59 Å². The molecule has 2 aromatic carbocycles. The van der Waals surface area contributed by atoms with Crippen molar-refractivity contribution in [3.8, 4) is 0 Å². The van der Waals surface area contributed by atoms with Crippen LogP contribution in [0, 0.1) is 0 Å². The lowest BCUT2D eigenvalue weighted by Gasteiger charge is -2.25. The fourth-order valence-electron chi connectivity index (χ4n) is 4.60. The Kier molecular flexibility index (Phi) is 15.2. The summed E-state index contributed by atoms with van der Waals surface area (Å²) < 4.78 is 0. The number of carbonyl (C=O) groups excluding carboxylic acids is 2. The molecule has 2 atom stereocenters. The second kappa shape index (κ2) is 16.9. The van der Waals surface area contributed by atoms with Crippen LogP contribution in [0.3, 0.4) is 0 Å². The van der Waals surface area contributed by atoms with Gasteiger partial charge in [-0.05, 0) is 88.1 Å². The maximum atomic E-state index is 11.8. The fraction of sp³-hybridized carbons (Fsp3) is 0.533. The summed E-state index contributed by atoms with van der Waals surface area (Å²) in [5.41, 5.74) is 1.82. The molecule has 4 rings (SSSR count). The predicted molar refractivity (Wildman–Crippen MR) is 155 cm³/mol. The van der Waals surface area contributed by atoms with Gasteiger partial charge in [0, 0.05) is 23.1 Å². The van der Waals surface area contributed by atoms with Crippen LogP contribution in [0.4, 0.5) is 0 Å². The van der Waals surface area contributed by atoms with E-state index in [1.165, 1.54) is 12.8 Å². The maximum absolute atomic E-state index is 11.8. The second-order valence-electron chi connectivity index (χ2n) is 8.79. The Hall–Kier alpha value is -1.72. The average Bonchev–Trinajstić information content (AvgIpc) is 3.60. The molecule has 2 aromatic rings. The van der Waals surface area contributed by atoms with E-state index in [2.05, 4.69) is 10.2 Å². The summed E-state index contributed by atoms with van der Waals surface area (Å²) >= 11 is 11.7. The molecule has 0 spiro atoms. The van der Waals surface area contributed by atoms with Crippen molar-refractivity contribution in [2.75, 3.05) is 32.7 Å². The quantitative estimate of drug-likeness (QED) is 0.421. The van der Waals surface area contributed by atoms with Crippen LogP contribution >= 0.6 is 23.2 Å². The number of nitrogens with one attached hydrogen (secondary N) is 1. The summed E-state index contributed by atoms with van der Waals surface area (Å²) in [6, 6.07) is 15.2. The molecule has 0 aliphatic carbocycles. The lowest BCUT2D eigenvalue weighted by molar-refractivity contribution is -0.122. The van der Waals surface area contributed by atoms with E-state index < -0.39 is 0 Å². The number of hydrogen-bond donors (Lipinski definition) is 1. The lowest BCUT2D eigenvalue weighted by Crippen LogP contribution is -2.36. The first-order chi connectivity index (χ1) is 17.3. The fourth-order valence-corrected chi connectivity index (χ4v) is 4.85. The van der Waals surface area contributed by atoms with E-state index in [0.717, 1.165) is 55.3 Å². The number of carbonyl (C=O) groups is 2. The Morgan fingerprint density at radius 1 is 0.889 bits per heavy atom. The largest absolute Gasteiger partial charge is 0.315 e. The van der Waals surface area contributed by atoms with Crippen molar-refractivity contribution >= 4 is 34.8 Å². The summed E-state index contributed by atoms with van der Waals surface area (Å²) in [6.07, 6.45) is 3.39. The third-order valence-corrected chi connectivity index (χ3v) is 7.13. The van der Waals surface area contributed by atoms with Crippen molar-refractivity contribution in [2.45, 2.75) is 72.1 Å². The van der Waals surface area contributed by atoms with Gasteiger partial charge in [0.15, 0.2) is 0 Å². The Morgan fingerprint density at radius 2 is 1.39 bits per heavy atom. The highest BCUT2D eigenvalue weighted by Gasteiger charge is 2.39. The zero-order chi connectivity index (χ0) is 27.1. The van der Waals surface area contributed by atoms with Gasteiger partial charge in [0.1, 0.15) is 11.6 Å². The minimum atomic E-state index is -0.329. The van der Waals surface area contributed by atoms with Crippen LogP contribution < -0.4 is 5.32 Å². The molecule has 1 N–H and O–H groups in total. The number of Topliss-reactive ketones (excluding diaryl/α,β-unsaturated/α-hetero) is 2. The van der Waals surface area contributed by atoms with Gasteiger partial charge in [-0.1, -0.05) is 75.2 Å². The Bertz CT molecular complexity index is 902. The van der Waals surface area contributed by atoms with Gasteiger partial charge >= 0.3 is 0 Å². The van der Waals surface area contributed by atoms with Gasteiger partial charge in [-0.3, -0.25) is 9.59 Å². The van der Waals surface area contributed by atoms with E-state index in [-0.39, 0.29) is 22.9 Å². The average molecular weight is 536 g/mol. The first kappa shape index (κ1) is 32.3. The first-order valence-corrected chi connectivity index (χ1v) is 14.0. The monoisotopic (exact) mass is 534 g/mol. The van der Waals surface area contributed by atoms with Crippen LogP contribution in [-0.2, 0) is 15.0 Å². The summed E-state index contributed by atoms with van der Waals surface area (Å²) in [7, 11) is 0. The van der Waals surface area contributed by atoms with Gasteiger partial charge < -0.3 is 10.2 Å². The zero-order valence-corrected chi connectivity index (χ0v) is 24.4. The van der Waals surface area contributed by atoms with Gasteiger partial charge in [0.25, 0.3) is 0 Å². The summed E-state index contributed by atoms with van der Waals surface area (Å²) in [4.78, 5) is 25.9. The number of nitrogens with zero attached hydrogens (tertiary/aromatic N) is 1. The Balaban J connectivity index is 0.000000318. The molecule has 0 radical (unpaired) electrons. The van der Waals surface area contributed by atoms with E-state index in [1.807, 2.05) is 76.2 Å². The molecule has 0 saturated carbocycles. The van der Waals surface area contributed by atoms with E-state index >= 15 is 0 Å². The van der Waals surface area contributed by atoms with Gasteiger partial charge in [0.2, 0.25) is 0 Å². The minimum absolute atomic E-state index is 0.00892. The lowest BCUT2D eigenvalue weighted by atomic mass is 9.76. The standard InChI is InChI=1S/C14H18ClNO.C12H14ClNO.2C2H6/c1-11(17)14(10-16-8-2-3-9-16)12-4-6-13(15)7-5-12;1-9(15)12(6-7-14-8-12)10-2-4-11(13)5-3-10;2*1-2/h4-7,14H,2-3,8-10H2,1H3;2-5,14H,6-8H2,1H3;2*1-2H3. The molecular weight excluding hydrogens is 491 g/mol. The Morgan fingerprint density at radius 3 is 1.81 bits per heavy atom. The highest BCUT2D eigenvalue weighted by Crippen LogP contribution is 2.32. The Labute approximate surface area is 228 Å². The highest BCUT2D eigenvalue weighted by molar-refractivity contribution is 6.30. The zero-order valence-electron chi connectivity index (χ0n) is 22.9. The summed E-state index contributed by atoms with van der Waals surface area (Å²) in [5.74, 6) is 0.458. The smallest absolute Gasteiger partial charge is 0.141 e. The SMILES string of the molecule is CC.CC.CC(=O)C(CN1CCCC1)c1ccc(Cl)cc1.CC(=O)C1(c2ccc(Cl)cc2)CCNC1. The molecule has 6 heteroatoms. The molecular formula is C30H44Cl2N2O2. The van der Waals surface area contributed by atoms with Crippen LogP contribution in [-0.4, -0.2) is 49.2 Å². The third kappa shape index (κ3) is 9.30. The van der Waals surface area contributed by atoms with Crippen molar-refractivity contribution in [1.82, 2.24) is 10.2 Å². The van der Waals surface area contributed by atoms with Crippen molar-refractivity contribution in [1.29, 1.82) is 0 Å². The van der Waals surface area contributed by atoms with Crippen molar-refractivity contribution in [2.24, 2.45) is 0 Å². The van der Waals surface area contributed by atoms with Crippen molar-refractivity contribution in [3.63, 3.8) is 0 Å². The van der Waals surface area contributed by atoms with Gasteiger partial charge in [0.05, 0.1) is 11.3 Å². The molecule has 200 valence electrons. The molecule has 2 unspecified atom stereocenters. The van der Waals surface area contributed by atoms with Gasteiger partial charge in [-0.25, -0.2) is 0 Å². The molecule has 36 heavy (non-hydrogen) atoms. The van der Waals surface area contributed by atoms with E-state index in [1.54, 1.807) is 13.8 Å². The van der Waals surface area contributed by atoms with E-state index in [4.69, 9.17) is 23.2 Å². The molecule has 0 bridgehead atoms. The molecule has 2 saturated heterocycles. The van der Waals surface area contributed by atoms with Crippen LogP contribution in [0.1, 0.15) is 77.8 Å². The number of benzene rings is 2. The van der Waals surface area contributed by atoms with Gasteiger partial charge in [-0.2, -0.15) is 0 Å². The molecule has 0 amide bonds. The summed E-state index contributed by atoms with van der Waals surface area (Å²) in [5, 5.41) is 4.68. The van der Waals surface area contributed by atoms with Crippen LogP contribution in [0.15, 0.2) is 48.5 Å². The van der Waals surface area contributed by atoms with Crippen molar-refractivity contribution in [3.05, 3.63) is 69.7 Å². The van der Waals surface area contributed by atoms with Gasteiger partial charge in [-0.15, -0.1) is 0 Å². The molecule has 2 aliphatic heterocycles. The molecule has 2 heterocycles. The molecule has 2 fully saturated rings. The molecule has 4 nitrogen and oxygen atoms in total. The van der Waals surface area contributed by atoms with Crippen LogP contribution in [0.5, 0.6) is 0 Å². The molecule has 0 aromatic heterocycles. The van der Waals surface area contributed by atoms with E-state index in [9.17, 15) is 9.59 Å². The highest BCUT2D eigenvalue weighted by atomic mass is 35.5. The number of rotatable bonds is 6. The van der Waals surface area contributed by atoms with Crippen LogP contribution in [0.2, 0.25) is 10.0 Å². The first-order valence-electron chi connectivity index (χ1n) is 13.3. The predicted octanol–water partition coefficient (Wildman–Crippen LogP) is 7.32.